The fraction of sp³-hybridized carbons (Fsp3) is 0.333. The summed E-state index contributed by atoms with van der Waals surface area (Å²) in [6.45, 7) is 1.93. The van der Waals surface area contributed by atoms with Crippen LogP contribution >= 0.6 is 22.7 Å². The van der Waals surface area contributed by atoms with Gasteiger partial charge >= 0.3 is 0 Å². The van der Waals surface area contributed by atoms with E-state index in [4.69, 9.17) is 0 Å². The van der Waals surface area contributed by atoms with Crippen LogP contribution in [0.2, 0.25) is 0 Å². The number of nitrogens with one attached hydrogen (secondary N) is 1. The average Bonchev–Trinajstić information content (AvgIpc) is 2.72. The van der Waals surface area contributed by atoms with E-state index in [9.17, 15) is 4.79 Å². The second-order valence-corrected chi connectivity index (χ2v) is 6.08. The third kappa shape index (κ3) is 2.25. The third-order valence-corrected chi connectivity index (χ3v) is 4.76. The maximum Gasteiger partial charge on any atom is 0.229 e. The van der Waals surface area contributed by atoms with Crippen molar-refractivity contribution in [2.24, 2.45) is 5.92 Å². The molecule has 0 saturated heterocycles. The zero-order valence-electron chi connectivity index (χ0n) is 9.34. The van der Waals surface area contributed by atoms with Gasteiger partial charge in [0.05, 0.1) is 5.69 Å². The predicted octanol–water partition coefficient (Wildman–Crippen LogP) is 3.26. The molecule has 0 bridgehead atoms. The molecule has 0 aliphatic heterocycles. The standard InChI is InChI=1S/C12H12N2OS2/c1-7-6-17-12(13-7)14-11(15)9-5-8(9)10-3-2-4-16-10/h2-4,6,8-9H,5H2,1H3,(H,13,14,15). The molecule has 1 aliphatic carbocycles. The van der Waals surface area contributed by atoms with Crippen LogP contribution in [0.3, 0.4) is 0 Å². The Balaban J connectivity index is 1.62. The van der Waals surface area contributed by atoms with Crippen molar-refractivity contribution in [3.63, 3.8) is 0 Å². The first-order chi connectivity index (χ1) is 8.24. The Bertz CT molecular complexity index is 532. The van der Waals surface area contributed by atoms with Crippen molar-refractivity contribution < 1.29 is 4.79 Å². The summed E-state index contributed by atoms with van der Waals surface area (Å²) in [4.78, 5) is 17.5. The first-order valence-corrected chi connectivity index (χ1v) is 7.26. The second-order valence-electron chi connectivity index (χ2n) is 4.25. The summed E-state index contributed by atoms with van der Waals surface area (Å²) in [5, 5.41) is 7.61. The van der Waals surface area contributed by atoms with E-state index in [0.29, 0.717) is 11.0 Å². The Labute approximate surface area is 108 Å². The molecule has 2 unspecified atom stereocenters. The van der Waals surface area contributed by atoms with E-state index in [1.807, 2.05) is 18.4 Å². The molecule has 3 nitrogen and oxygen atoms in total. The zero-order chi connectivity index (χ0) is 11.8. The number of carbonyl (C=O) groups excluding carboxylic acids is 1. The molecule has 1 N–H and O–H groups in total. The molecule has 0 radical (unpaired) electrons. The van der Waals surface area contributed by atoms with Crippen molar-refractivity contribution in [2.45, 2.75) is 19.3 Å². The Hall–Kier alpha value is -1.20. The van der Waals surface area contributed by atoms with Crippen LogP contribution in [-0.2, 0) is 4.79 Å². The number of amides is 1. The highest BCUT2D eigenvalue weighted by molar-refractivity contribution is 7.14. The molecule has 1 amide bonds. The molecule has 5 heteroatoms. The minimum absolute atomic E-state index is 0.109. The van der Waals surface area contributed by atoms with Crippen LogP contribution < -0.4 is 5.32 Å². The molecule has 1 aliphatic rings. The highest BCUT2D eigenvalue weighted by atomic mass is 32.1. The number of nitrogens with zero attached hydrogens (tertiary/aromatic N) is 1. The van der Waals surface area contributed by atoms with Crippen LogP contribution in [0.5, 0.6) is 0 Å². The van der Waals surface area contributed by atoms with Gasteiger partial charge in [0, 0.05) is 22.1 Å². The summed E-state index contributed by atoms with van der Waals surface area (Å²) >= 11 is 3.21. The van der Waals surface area contributed by atoms with E-state index in [1.165, 1.54) is 16.2 Å². The molecule has 0 spiro atoms. The van der Waals surface area contributed by atoms with E-state index in [-0.39, 0.29) is 11.8 Å². The highest BCUT2D eigenvalue weighted by Crippen LogP contribution is 2.49. The van der Waals surface area contributed by atoms with Gasteiger partial charge < -0.3 is 5.32 Å². The highest BCUT2D eigenvalue weighted by Gasteiger charge is 2.44. The summed E-state index contributed by atoms with van der Waals surface area (Å²) in [6, 6.07) is 4.15. The second kappa shape index (κ2) is 4.23. The van der Waals surface area contributed by atoms with Gasteiger partial charge in [0.2, 0.25) is 5.91 Å². The van der Waals surface area contributed by atoms with Gasteiger partial charge in [-0.25, -0.2) is 4.98 Å². The number of rotatable bonds is 3. The average molecular weight is 264 g/mol. The van der Waals surface area contributed by atoms with Gasteiger partial charge in [-0.1, -0.05) is 6.07 Å². The Kier molecular flexibility index (Phi) is 2.72. The smallest absolute Gasteiger partial charge is 0.229 e. The van der Waals surface area contributed by atoms with E-state index >= 15 is 0 Å². The fourth-order valence-electron chi connectivity index (χ4n) is 1.91. The van der Waals surface area contributed by atoms with Gasteiger partial charge in [0.15, 0.2) is 5.13 Å². The van der Waals surface area contributed by atoms with Crippen molar-refractivity contribution in [1.29, 1.82) is 0 Å². The number of aryl methyl sites for hydroxylation is 1. The Morgan fingerprint density at radius 2 is 2.41 bits per heavy atom. The minimum atomic E-state index is 0.109. The number of hydrogen-bond donors (Lipinski definition) is 1. The molecular weight excluding hydrogens is 252 g/mol. The lowest BCUT2D eigenvalue weighted by atomic mass is 10.2. The monoisotopic (exact) mass is 264 g/mol. The number of thiophene rings is 1. The van der Waals surface area contributed by atoms with Gasteiger partial charge in [0.1, 0.15) is 0 Å². The lowest BCUT2D eigenvalue weighted by Gasteiger charge is -1.99. The SMILES string of the molecule is Cc1csc(NC(=O)C2CC2c2cccs2)n1. The minimum Gasteiger partial charge on any atom is -0.302 e. The third-order valence-electron chi connectivity index (χ3n) is 2.88. The molecule has 17 heavy (non-hydrogen) atoms. The maximum absolute atomic E-state index is 11.9. The molecule has 2 aromatic heterocycles. The van der Waals surface area contributed by atoms with Gasteiger partial charge in [-0.3, -0.25) is 4.79 Å². The summed E-state index contributed by atoms with van der Waals surface area (Å²) in [7, 11) is 0. The molecule has 1 fully saturated rings. The van der Waals surface area contributed by atoms with Gasteiger partial charge in [0.25, 0.3) is 0 Å². The molecule has 2 atom stereocenters. The number of thiazole rings is 1. The van der Waals surface area contributed by atoms with Crippen molar-refractivity contribution in [1.82, 2.24) is 4.98 Å². The lowest BCUT2D eigenvalue weighted by Crippen LogP contribution is -2.14. The van der Waals surface area contributed by atoms with E-state index in [1.54, 1.807) is 11.3 Å². The van der Waals surface area contributed by atoms with Crippen molar-refractivity contribution in [3.8, 4) is 0 Å². The van der Waals surface area contributed by atoms with E-state index in [0.717, 1.165) is 12.1 Å². The van der Waals surface area contributed by atoms with Gasteiger partial charge in [-0.05, 0) is 24.8 Å². The quantitative estimate of drug-likeness (QED) is 0.924. The molecule has 0 aromatic carbocycles. The first-order valence-electron chi connectivity index (χ1n) is 5.50. The summed E-state index contributed by atoms with van der Waals surface area (Å²) in [5.41, 5.74) is 0.955. The maximum atomic E-state index is 11.9. The number of aromatic nitrogens is 1. The molecule has 88 valence electrons. The van der Waals surface area contributed by atoms with Gasteiger partial charge in [-0.15, -0.1) is 22.7 Å². The molecular formula is C12H12N2OS2. The van der Waals surface area contributed by atoms with Crippen molar-refractivity contribution >= 4 is 33.7 Å². The summed E-state index contributed by atoms with van der Waals surface area (Å²) in [6.07, 6.45) is 0.969. The molecule has 3 rings (SSSR count). The largest absolute Gasteiger partial charge is 0.302 e. The molecule has 2 heterocycles. The fourth-order valence-corrected chi connectivity index (χ4v) is 3.51. The van der Waals surface area contributed by atoms with Crippen LogP contribution in [0.4, 0.5) is 5.13 Å². The lowest BCUT2D eigenvalue weighted by molar-refractivity contribution is -0.117. The van der Waals surface area contributed by atoms with Crippen LogP contribution in [0, 0.1) is 12.8 Å². The number of anilines is 1. The van der Waals surface area contributed by atoms with Crippen molar-refractivity contribution in [2.75, 3.05) is 5.32 Å². The molecule has 2 aromatic rings. The predicted molar refractivity (Wildman–Crippen MR) is 70.6 cm³/mol. The van der Waals surface area contributed by atoms with Crippen molar-refractivity contribution in [3.05, 3.63) is 33.5 Å². The van der Waals surface area contributed by atoms with Crippen LogP contribution in [0.25, 0.3) is 0 Å². The normalized spacial score (nSPS) is 22.4. The first kappa shape index (κ1) is 10.9. The summed E-state index contributed by atoms with van der Waals surface area (Å²) in [5.74, 6) is 0.673. The van der Waals surface area contributed by atoms with E-state index < -0.39 is 0 Å². The van der Waals surface area contributed by atoms with Gasteiger partial charge in [-0.2, -0.15) is 0 Å². The Morgan fingerprint density at radius 3 is 3.06 bits per heavy atom. The number of carbonyl (C=O) groups is 1. The van der Waals surface area contributed by atoms with Crippen LogP contribution in [0.1, 0.15) is 22.9 Å². The van der Waals surface area contributed by atoms with Crippen LogP contribution in [-0.4, -0.2) is 10.9 Å². The molecule has 1 saturated carbocycles. The topological polar surface area (TPSA) is 42.0 Å². The van der Waals surface area contributed by atoms with E-state index in [2.05, 4.69) is 21.7 Å². The summed E-state index contributed by atoms with van der Waals surface area (Å²) < 4.78 is 0. The van der Waals surface area contributed by atoms with Crippen LogP contribution in [0.15, 0.2) is 22.9 Å². The number of hydrogen-bond acceptors (Lipinski definition) is 4. The Morgan fingerprint density at radius 1 is 1.53 bits per heavy atom. The zero-order valence-corrected chi connectivity index (χ0v) is 11.0.